The van der Waals surface area contributed by atoms with Crippen LogP contribution in [0.2, 0.25) is 0 Å². The first kappa shape index (κ1) is 67.2. The van der Waals surface area contributed by atoms with Crippen LogP contribution in [0.1, 0.15) is 232 Å². The number of unbranched alkanes of at least 4 members (excludes halogenated alkanes) is 16. The molecule has 0 rings (SSSR count). The topological polar surface area (TPSA) is 262 Å². The van der Waals surface area contributed by atoms with Gasteiger partial charge in [0.2, 0.25) is 53.2 Å². The van der Waals surface area contributed by atoms with Crippen molar-refractivity contribution in [1.29, 1.82) is 0 Å². The Morgan fingerprint density at radius 3 is 0.500 bits per heavy atom. The Balaban J connectivity index is 3.49. The molecule has 0 radical (unpaired) electrons. The minimum atomic E-state index is 0.0256. The summed E-state index contributed by atoms with van der Waals surface area (Å²) in [6.07, 6.45) is 25.2. The molecule has 0 aliphatic rings. The fraction of sp³-hybridized carbons (Fsp3) is 0.833. The molecule has 0 aliphatic carbocycles. The van der Waals surface area contributed by atoms with Crippen LogP contribution in [0.4, 0.5) is 0 Å². The van der Waals surface area contributed by atoms with Crippen molar-refractivity contribution in [2.24, 2.45) is 0 Å². The summed E-state index contributed by atoms with van der Waals surface area (Å²) in [5.74, 6) is 0.400. The third-order valence-electron chi connectivity index (χ3n) is 12.1. The summed E-state index contributed by atoms with van der Waals surface area (Å²) in [6.45, 7) is 9.48. The molecule has 0 heterocycles. The molecular formula is C54H101N9O9. The van der Waals surface area contributed by atoms with E-state index in [1.165, 1.54) is 0 Å². The Hall–Kier alpha value is -4.77. The zero-order chi connectivity index (χ0) is 53.0. The lowest BCUT2D eigenvalue weighted by Crippen LogP contribution is -2.26. The van der Waals surface area contributed by atoms with Gasteiger partial charge in [-0.2, -0.15) is 0 Å². The summed E-state index contributed by atoms with van der Waals surface area (Å²) >= 11 is 0. The second-order valence-corrected chi connectivity index (χ2v) is 19.0. The Labute approximate surface area is 433 Å². The lowest BCUT2D eigenvalue weighted by molar-refractivity contribution is -0.122. The van der Waals surface area contributed by atoms with Crippen molar-refractivity contribution in [2.75, 3.05) is 58.9 Å². The number of carbonyl (C=O) groups is 9. The average Bonchev–Trinajstić information content (AvgIpc) is 3.36. The molecule has 416 valence electrons. The molecule has 0 aromatic rings. The average molecular weight is 1020 g/mol. The smallest absolute Gasteiger partial charge is 0.219 e. The summed E-state index contributed by atoms with van der Waals surface area (Å²) in [5, 5.41) is 26.3. The number of rotatable bonds is 51. The van der Waals surface area contributed by atoms with Crippen LogP contribution >= 0.6 is 0 Å². The van der Waals surface area contributed by atoms with E-state index in [1.54, 1.807) is 0 Å². The van der Waals surface area contributed by atoms with Gasteiger partial charge in [-0.25, -0.2) is 0 Å². The first-order valence-corrected chi connectivity index (χ1v) is 28.4. The van der Waals surface area contributed by atoms with Crippen LogP contribution in [0.25, 0.3) is 0 Å². The van der Waals surface area contributed by atoms with Gasteiger partial charge in [0, 0.05) is 117 Å². The molecule has 0 aromatic carbocycles. The molecular weight excluding hydrogens is 919 g/mol. The molecule has 18 heteroatoms. The molecule has 0 spiro atoms. The lowest BCUT2D eigenvalue weighted by atomic mass is 10.1. The van der Waals surface area contributed by atoms with Crippen molar-refractivity contribution >= 4 is 53.2 Å². The van der Waals surface area contributed by atoms with E-state index in [4.69, 9.17) is 0 Å². The van der Waals surface area contributed by atoms with E-state index in [9.17, 15) is 43.2 Å². The van der Waals surface area contributed by atoms with Crippen LogP contribution in [0.5, 0.6) is 0 Å². The highest BCUT2D eigenvalue weighted by molar-refractivity contribution is 5.78. The monoisotopic (exact) mass is 1020 g/mol. The van der Waals surface area contributed by atoms with Gasteiger partial charge >= 0.3 is 0 Å². The van der Waals surface area contributed by atoms with Crippen molar-refractivity contribution in [1.82, 2.24) is 47.9 Å². The first-order chi connectivity index (χ1) is 35.0. The fourth-order valence-corrected chi connectivity index (χ4v) is 7.62. The predicted octanol–water partition coefficient (Wildman–Crippen LogP) is 6.34. The van der Waals surface area contributed by atoms with Gasteiger partial charge in [0.15, 0.2) is 0 Å². The van der Waals surface area contributed by atoms with Crippen LogP contribution in [0.3, 0.4) is 0 Å². The molecule has 0 aromatic heterocycles. The van der Waals surface area contributed by atoms with Gasteiger partial charge in [-0.15, -0.1) is 0 Å². The highest BCUT2D eigenvalue weighted by Gasteiger charge is 2.08. The standard InChI is InChI=1S/C54H101N9O9/c1-3-37-55-47(65)29-13-6-22-39-57-49(67)31-15-8-24-41-59-51(69)33-17-10-26-43-61-53(71)35-19-12-28-45-63-54(72)36-20-11-27-44-62-52(70)34-18-9-25-42-60-50(68)32-16-7-23-40-58-48(66)30-14-5-21-38-56-46(64)4-2/h3-45H2,1-2H3,(H,55,65)(H,56,64)(H,57,67)(H,58,66)(H,59,69)(H,60,68)(H,61,71)(H,62,70)(H,63,72). The van der Waals surface area contributed by atoms with Gasteiger partial charge in [0.25, 0.3) is 0 Å². The fourth-order valence-electron chi connectivity index (χ4n) is 7.62. The number of amides is 9. The third kappa shape index (κ3) is 50.2. The molecule has 9 amide bonds. The Morgan fingerprint density at radius 2 is 0.347 bits per heavy atom. The minimum absolute atomic E-state index is 0.0256. The van der Waals surface area contributed by atoms with Gasteiger partial charge < -0.3 is 47.9 Å². The summed E-state index contributed by atoms with van der Waals surface area (Å²) in [6, 6.07) is 0. The van der Waals surface area contributed by atoms with Crippen LogP contribution in [0.15, 0.2) is 0 Å². The van der Waals surface area contributed by atoms with E-state index in [1.807, 2.05) is 13.8 Å². The normalized spacial score (nSPS) is 10.8. The Bertz CT molecular complexity index is 1470. The highest BCUT2D eigenvalue weighted by Crippen LogP contribution is 2.06. The lowest BCUT2D eigenvalue weighted by Gasteiger charge is -2.08. The van der Waals surface area contributed by atoms with Gasteiger partial charge in [-0.05, 0) is 109 Å². The summed E-state index contributed by atoms with van der Waals surface area (Å²) in [7, 11) is 0. The largest absolute Gasteiger partial charge is 0.356 e. The molecule has 9 N–H and O–H groups in total. The molecule has 0 aliphatic heterocycles. The Kier molecular flexibility index (Phi) is 47.8. The quantitative estimate of drug-likeness (QED) is 0.0308. The molecule has 0 saturated carbocycles. The SMILES string of the molecule is CCCNC(=O)CCCCCNC(=O)CCCCCNC(=O)CCCCCNC(=O)CCCCCNC(=O)CCCCCNC(=O)CCCCCNC(=O)CCCCCNC(=O)CCCCCNC(=O)CC. The van der Waals surface area contributed by atoms with Gasteiger partial charge in [0.1, 0.15) is 0 Å². The van der Waals surface area contributed by atoms with E-state index in [-0.39, 0.29) is 53.2 Å². The predicted molar refractivity (Wildman–Crippen MR) is 285 cm³/mol. The Morgan fingerprint density at radius 1 is 0.194 bits per heavy atom. The van der Waals surface area contributed by atoms with Crippen LogP contribution < -0.4 is 47.9 Å². The number of nitrogens with one attached hydrogen (secondary N) is 9. The molecule has 18 nitrogen and oxygen atoms in total. The van der Waals surface area contributed by atoms with Gasteiger partial charge in [-0.3, -0.25) is 43.2 Å². The zero-order valence-electron chi connectivity index (χ0n) is 45.1. The summed E-state index contributed by atoms with van der Waals surface area (Å²) in [5.41, 5.74) is 0. The molecule has 72 heavy (non-hydrogen) atoms. The van der Waals surface area contributed by atoms with Crippen molar-refractivity contribution in [3.8, 4) is 0 Å². The van der Waals surface area contributed by atoms with Crippen molar-refractivity contribution in [2.45, 2.75) is 232 Å². The van der Waals surface area contributed by atoms with E-state index in [2.05, 4.69) is 47.9 Å². The van der Waals surface area contributed by atoms with Crippen molar-refractivity contribution < 1.29 is 43.2 Å². The van der Waals surface area contributed by atoms with E-state index in [0.717, 1.165) is 167 Å². The molecule has 0 saturated heterocycles. The van der Waals surface area contributed by atoms with Crippen LogP contribution in [-0.2, 0) is 43.2 Å². The van der Waals surface area contributed by atoms with E-state index >= 15 is 0 Å². The molecule has 0 bridgehead atoms. The number of hydrogen-bond donors (Lipinski definition) is 9. The third-order valence-corrected chi connectivity index (χ3v) is 12.1. The highest BCUT2D eigenvalue weighted by atomic mass is 16.2. The minimum Gasteiger partial charge on any atom is -0.356 e. The maximum atomic E-state index is 12.2. The second kappa shape index (κ2) is 51.1. The number of hydrogen-bond acceptors (Lipinski definition) is 9. The summed E-state index contributed by atoms with van der Waals surface area (Å²) < 4.78 is 0. The maximum Gasteiger partial charge on any atom is 0.219 e. The molecule has 0 unspecified atom stereocenters. The van der Waals surface area contributed by atoms with Gasteiger partial charge in [-0.1, -0.05) is 65.2 Å². The van der Waals surface area contributed by atoms with E-state index in [0.29, 0.717) is 110 Å². The van der Waals surface area contributed by atoms with Crippen molar-refractivity contribution in [3.63, 3.8) is 0 Å². The number of carbonyl (C=O) groups excluding carboxylic acids is 9. The van der Waals surface area contributed by atoms with E-state index < -0.39 is 0 Å². The molecule has 0 fully saturated rings. The zero-order valence-corrected chi connectivity index (χ0v) is 45.1. The molecule has 0 atom stereocenters. The second-order valence-electron chi connectivity index (χ2n) is 19.0. The van der Waals surface area contributed by atoms with Crippen LogP contribution in [0, 0.1) is 0 Å². The first-order valence-electron chi connectivity index (χ1n) is 28.4. The summed E-state index contributed by atoms with van der Waals surface area (Å²) in [4.78, 5) is 108. The maximum absolute atomic E-state index is 12.2. The van der Waals surface area contributed by atoms with Crippen LogP contribution in [-0.4, -0.2) is 112 Å². The van der Waals surface area contributed by atoms with Gasteiger partial charge in [0.05, 0.1) is 0 Å². The van der Waals surface area contributed by atoms with Crippen molar-refractivity contribution in [3.05, 3.63) is 0 Å².